The Balaban J connectivity index is 1.62. The molecule has 0 saturated carbocycles. The van der Waals surface area contributed by atoms with Gasteiger partial charge in [0, 0.05) is 18.7 Å². The van der Waals surface area contributed by atoms with Crippen LogP contribution in [0, 0.1) is 0 Å². The first-order valence-electron chi connectivity index (χ1n) is 11.3. The van der Waals surface area contributed by atoms with Crippen molar-refractivity contribution in [2.24, 2.45) is 0 Å². The van der Waals surface area contributed by atoms with Crippen molar-refractivity contribution < 1.29 is 32.3 Å². The number of likely N-dealkylation sites (N-methyl/N-ethyl adjacent to an activating group) is 1. The summed E-state index contributed by atoms with van der Waals surface area (Å²) in [6.45, 7) is 3.23. The van der Waals surface area contributed by atoms with Crippen LogP contribution in [0.4, 0.5) is 13.2 Å². The summed E-state index contributed by atoms with van der Waals surface area (Å²) in [7, 11) is 1.99. The minimum atomic E-state index is -5.00. The number of alkyl halides is 3. The minimum absolute atomic E-state index is 0.0712. The zero-order chi connectivity index (χ0) is 24.7. The van der Waals surface area contributed by atoms with Gasteiger partial charge >= 0.3 is 6.18 Å². The number of hydrogen-bond donors (Lipinski definition) is 1. The van der Waals surface area contributed by atoms with E-state index in [1.807, 2.05) is 19.2 Å². The highest BCUT2D eigenvalue weighted by Crippen LogP contribution is 2.39. The Bertz CT molecular complexity index is 1460. The second kappa shape index (κ2) is 8.90. The number of nitrogens with zero attached hydrogens (tertiary/aromatic N) is 1. The maximum atomic E-state index is 14.0. The molecule has 1 aliphatic rings. The molecule has 0 bridgehead atoms. The molecule has 6 nitrogen and oxygen atoms in total. The molecule has 2 heterocycles. The van der Waals surface area contributed by atoms with Crippen molar-refractivity contribution in [2.75, 3.05) is 33.2 Å². The van der Waals surface area contributed by atoms with Crippen molar-refractivity contribution in [3.05, 3.63) is 76.1 Å². The first-order valence-corrected chi connectivity index (χ1v) is 11.3. The maximum absolute atomic E-state index is 14.0. The van der Waals surface area contributed by atoms with E-state index in [9.17, 15) is 23.1 Å². The molecule has 3 aromatic carbocycles. The molecule has 182 valence electrons. The predicted molar refractivity (Wildman–Crippen MR) is 123 cm³/mol. The van der Waals surface area contributed by atoms with Gasteiger partial charge in [-0.05, 0) is 36.0 Å². The van der Waals surface area contributed by atoms with Gasteiger partial charge in [0.2, 0.25) is 11.2 Å². The van der Waals surface area contributed by atoms with Gasteiger partial charge in [-0.15, -0.1) is 0 Å². The lowest BCUT2D eigenvalue weighted by Gasteiger charge is -2.30. The molecular weight excluding hydrogens is 461 g/mol. The molecule has 9 heteroatoms. The van der Waals surface area contributed by atoms with E-state index in [1.165, 1.54) is 18.2 Å². The third kappa shape index (κ3) is 4.56. The van der Waals surface area contributed by atoms with Crippen LogP contribution >= 0.6 is 0 Å². The lowest BCUT2D eigenvalue weighted by Crippen LogP contribution is -3.13. The van der Waals surface area contributed by atoms with E-state index < -0.39 is 28.9 Å². The number of ether oxygens (including phenoxy) is 1. The third-order valence-electron chi connectivity index (χ3n) is 6.40. The topological polar surface area (TPSA) is 70.2 Å². The molecule has 0 aliphatic carbocycles. The van der Waals surface area contributed by atoms with Crippen LogP contribution in [-0.4, -0.2) is 38.1 Å². The zero-order valence-corrected chi connectivity index (χ0v) is 18.9. The Kier molecular flexibility index (Phi) is 5.90. The normalized spacial score (nSPS) is 15.7. The van der Waals surface area contributed by atoms with Crippen LogP contribution in [0.3, 0.4) is 0 Å². The van der Waals surface area contributed by atoms with Crippen LogP contribution in [0.25, 0.3) is 21.7 Å². The second-order valence-corrected chi connectivity index (χ2v) is 8.85. The smallest absolute Gasteiger partial charge is 0.453 e. The fraction of sp³-hybridized carbons (Fsp3) is 0.269. The fourth-order valence-corrected chi connectivity index (χ4v) is 4.44. The van der Waals surface area contributed by atoms with Crippen molar-refractivity contribution in [1.82, 2.24) is 4.90 Å². The van der Waals surface area contributed by atoms with Gasteiger partial charge in [-0.3, -0.25) is 9.69 Å². The van der Waals surface area contributed by atoms with Crippen LogP contribution in [0.1, 0.15) is 11.3 Å². The van der Waals surface area contributed by atoms with E-state index in [2.05, 4.69) is 4.90 Å². The van der Waals surface area contributed by atoms with Gasteiger partial charge in [-0.1, -0.05) is 42.1 Å². The molecule has 1 aliphatic heterocycles. The largest absolute Gasteiger partial charge is 0.872 e. The van der Waals surface area contributed by atoms with Gasteiger partial charge in [0.25, 0.3) is 5.76 Å². The molecule has 0 spiro atoms. The van der Waals surface area contributed by atoms with E-state index in [4.69, 9.17) is 9.15 Å². The number of hydrogen-bond acceptors (Lipinski definition) is 5. The minimum Gasteiger partial charge on any atom is -0.872 e. The van der Waals surface area contributed by atoms with E-state index in [-0.39, 0.29) is 28.8 Å². The van der Waals surface area contributed by atoms with E-state index >= 15 is 0 Å². The Labute approximate surface area is 198 Å². The monoisotopic (exact) mass is 484 g/mol. The number of fused-ring (bicyclic) bond motifs is 2. The Morgan fingerprint density at radius 3 is 2.49 bits per heavy atom. The SMILES string of the molecule is CN1CC[NH+](Cc2c([O-])ccc3c(=O)c(Oc4ccc5ccccc5c4)c(C(F)(F)F)oc23)CC1. The van der Waals surface area contributed by atoms with Crippen LogP contribution in [0.5, 0.6) is 17.2 Å². The van der Waals surface area contributed by atoms with Crippen molar-refractivity contribution in [3.8, 4) is 17.2 Å². The maximum Gasteiger partial charge on any atom is 0.453 e. The molecular formula is C26H23F3N2O4. The van der Waals surface area contributed by atoms with Crippen molar-refractivity contribution in [3.63, 3.8) is 0 Å². The number of piperazine rings is 1. The van der Waals surface area contributed by atoms with Crippen molar-refractivity contribution >= 4 is 21.7 Å². The van der Waals surface area contributed by atoms with Crippen molar-refractivity contribution in [1.29, 1.82) is 0 Å². The summed E-state index contributed by atoms with van der Waals surface area (Å²) in [5.74, 6) is -2.88. The van der Waals surface area contributed by atoms with E-state index in [0.29, 0.717) is 0 Å². The zero-order valence-electron chi connectivity index (χ0n) is 18.9. The van der Waals surface area contributed by atoms with Gasteiger partial charge in [0.15, 0.2) is 0 Å². The van der Waals surface area contributed by atoms with Crippen molar-refractivity contribution in [2.45, 2.75) is 12.7 Å². The molecule has 0 unspecified atom stereocenters. The molecule has 1 N–H and O–H groups in total. The van der Waals surface area contributed by atoms with Crippen LogP contribution in [0.2, 0.25) is 0 Å². The lowest BCUT2D eigenvalue weighted by molar-refractivity contribution is -0.918. The van der Waals surface area contributed by atoms with Gasteiger partial charge in [-0.2, -0.15) is 13.2 Å². The molecule has 1 saturated heterocycles. The molecule has 0 radical (unpaired) electrons. The Morgan fingerprint density at radius 1 is 1.06 bits per heavy atom. The van der Waals surface area contributed by atoms with Crippen LogP contribution in [-0.2, 0) is 12.7 Å². The second-order valence-electron chi connectivity index (χ2n) is 8.85. The number of nitrogens with one attached hydrogen (secondary N) is 1. The average molecular weight is 484 g/mol. The molecule has 0 amide bonds. The fourth-order valence-electron chi connectivity index (χ4n) is 4.44. The summed E-state index contributed by atoms with van der Waals surface area (Å²) >= 11 is 0. The first-order chi connectivity index (χ1) is 16.7. The molecule has 1 fully saturated rings. The highest BCUT2D eigenvalue weighted by atomic mass is 19.4. The van der Waals surface area contributed by atoms with Crippen LogP contribution in [0.15, 0.2) is 63.8 Å². The van der Waals surface area contributed by atoms with Crippen LogP contribution < -0.4 is 20.2 Å². The van der Waals surface area contributed by atoms with Gasteiger partial charge < -0.3 is 19.2 Å². The molecule has 35 heavy (non-hydrogen) atoms. The average Bonchev–Trinajstić information content (AvgIpc) is 2.83. The molecule has 5 rings (SSSR count). The Morgan fingerprint density at radius 2 is 1.77 bits per heavy atom. The summed E-state index contributed by atoms with van der Waals surface area (Å²) in [5.41, 5.74) is -1.23. The molecule has 1 aromatic heterocycles. The number of rotatable bonds is 4. The van der Waals surface area contributed by atoms with Gasteiger partial charge in [-0.25, -0.2) is 0 Å². The highest BCUT2D eigenvalue weighted by molar-refractivity contribution is 5.85. The van der Waals surface area contributed by atoms with E-state index in [0.717, 1.165) is 41.9 Å². The number of quaternary nitrogens is 1. The summed E-state index contributed by atoms with van der Waals surface area (Å²) in [6.07, 6.45) is -5.00. The Hall–Kier alpha value is -3.56. The highest BCUT2D eigenvalue weighted by Gasteiger charge is 2.41. The van der Waals surface area contributed by atoms with E-state index in [1.54, 1.807) is 24.3 Å². The van der Waals surface area contributed by atoms with Gasteiger partial charge in [0.1, 0.15) is 17.9 Å². The summed E-state index contributed by atoms with van der Waals surface area (Å²) in [5, 5.41) is 14.2. The first kappa shape index (κ1) is 23.2. The number of halogens is 3. The molecule has 0 atom stereocenters. The van der Waals surface area contributed by atoms with Gasteiger partial charge in [0.05, 0.1) is 18.5 Å². The quantitative estimate of drug-likeness (QED) is 0.482. The predicted octanol–water partition coefficient (Wildman–Crippen LogP) is 3.16. The lowest BCUT2D eigenvalue weighted by atomic mass is 10.1. The number of benzene rings is 3. The molecule has 4 aromatic rings. The third-order valence-corrected chi connectivity index (χ3v) is 6.40. The summed E-state index contributed by atoms with van der Waals surface area (Å²) in [4.78, 5) is 16.4. The standard InChI is InChI=1S/C26H23F3N2O4/c1-30-10-12-31(13-11-30)15-20-21(32)9-8-19-22(33)24(25(26(27,28)29)35-23(19)20)34-18-7-6-16-4-2-3-5-17(16)14-18/h2-9,14,32H,10-13,15H2,1H3. The summed E-state index contributed by atoms with van der Waals surface area (Å²) in [6, 6.07) is 14.4. The summed E-state index contributed by atoms with van der Waals surface area (Å²) < 4.78 is 52.9.